The molecule has 0 saturated heterocycles. The fraction of sp³-hybridized carbons (Fsp3) is 0.429. The summed E-state index contributed by atoms with van der Waals surface area (Å²) in [5.41, 5.74) is 5.91. The van der Waals surface area contributed by atoms with Gasteiger partial charge in [0.05, 0.1) is 0 Å². The lowest BCUT2D eigenvalue weighted by Crippen LogP contribution is -2.42. The molecular formula is C14H20BrN3O3. The minimum atomic E-state index is -0.895. The summed E-state index contributed by atoms with van der Waals surface area (Å²) in [6.07, 6.45) is -0.815. The summed E-state index contributed by atoms with van der Waals surface area (Å²) >= 11 is 3.47. The fourth-order valence-electron chi connectivity index (χ4n) is 1.55. The fourth-order valence-corrected chi connectivity index (χ4v) is 1.94. The standard InChI is InChI=1S/C14H20BrN3O3/c1-8(2)17-7-10-6-11(4-5-12(10)15)21-9(3)13(19)18-14(16)20/h4-6,8-9,17H,7H2,1-3H3,(H3,16,18,19,20). The largest absolute Gasteiger partial charge is 0.481 e. The van der Waals surface area contributed by atoms with E-state index in [-0.39, 0.29) is 0 Å². The van der Waals surface area contributed by atoms with Crippen LogP contribution in [0.15, 0.2) is 22.7 Å². The Morgan fingerprint density at radius 3 is 2.57 bits per heavy atom. The van der Waals surface area contributed by atoms with E-state index in [0.29, 0.717) is 18.3 Å². The monoisotopic (exact) mass is 357 g/mol. The topological polar surface area (TPSA) is 93.4 Å². The summed E-state index contributed by atoms with van der Waals surface area (Å²) in [5.74, 6) is -0.0295. The maximum absolute atomic E-state index is 11.6. The zero-order valence-corrected chi connectivity index (χ0v) is 13.9. The first-order valence-electron chi connectivity index (χ1n) is 6.58. The van der Waals surface area contributed by atoms with Crippen LogP contribution in [0.1, 0.15) is 26.3 Å². The number of rotatable bonds is 6. The molecule has 0 radical (unpaired) electrons. The second-order valence-electron chi connectivity index (χ2n) is 4.90. The first-order valence-corrected chi connectivity index (χ1v) is 7.37. The molecule has 7 heteroatoms. The molecule has 1 atom stereocenters. The number of carbonyl (C=O) groups is 2. The van der Waals surface area contributed by atoms with Crippen LogP contribution in [0.25, 0.3) is 0 Å². The number of benzene rings is 1. The van der Waals surface area contributed by atoms with Crippen molar-refractivity contribution >= 4 is 27.9 Å². The normalized spacial score (nSPS) is 12.0. The molecule has 1 aromatic rings. The summed E-state index contributed by atoms with van der Waals surface area (Å²) < 4.78 is 6.47. The van der Waals surface area contributed by atoms with E-state index < -0.39 is 18.0 Å². The Morgan fingerprint density at radius 1 is 1.33 bits per heavy atom. The first-order chi connectivity index (χ1) is 9.79. The van der Waals surface area contributed by atoms with Crippen LogP contribution < -0.4 is 21.1 Å². The van der Waals surface area contributed by atoms with Crippen molar-refractivity contribution in [2.24, 2.45) is 5.73 Å². The van der Waals surface area contributed by atoms with Crippen LogP contribution in [0, 0.1) is 0 Å². The Kier molecular flexibility index (Phi) is 6.64. The van der Waals surface area contributed by atoms with E-state index in [0.717, 1.165) is 10.0 Å². The second kappa shape index (κ2) is 7.99. The smallest absolute Gasteiger partial charge is 0.318 e. The highest BCUT2D eigenvalue weighted by Crippen LogP contribution is 2.23. The number of imide groups is 1. The van der Waals surface area contributed by atoms with Gasteiger partial charge >= 0.3 is 6.03 Å². The van der Waals surface area contributed by atoms with Gasteiger partial charge in [0, 0.05) is 17.1 Å². The molecule has 1 rings (SSSR count). The number of nitrogens with two attached hydrogens (primary N) is 1. The average molecular weight is 358 g/mol. The van der Waals surface area contributed by atoms with Gasteiger partial charge in [-0.3, -0.25) is 10.1 Å². The molecule has 6 nitrogen and oxygen atoms in total. The molecule has 0 heterocycles. The van der Waals surface area contributed by atoms with E-state index in [1.165, 1.54) is 0 Å². The zero-order chi connectivity index (χ0) is 16.0. The first kappa shape index (κ1) is 17.5. The van der Waals surface area contributed by atoms with Crippen molar-refractivity contribution in [1.82, 2.24) is 10.6 Å². The highest BCUT2D eigenvalue weighted by atomic mass is 79.9. The van der Waals surface area contributed by atoms with Gasteiger partial charge in [0.2, 0.25) is 0 Å². The molecule has 0 aliphatic rings. The Labute approximate surface area is 132 Å². The average Bonchev–Trinajstić information content (AvgIpc) is 2.38. The zero-order valence-electron chi connectivity index (χ0n) is 12.3. The van der Waals surface area contributed by atoms with E-state index in [1.54, 1.807) is 13.0 Å². The van der Waals surface area contributed by atoms with Crippen molar-refractivity contribution in [1.29, 1.82) is 0 Å². The number of hydrogen-bond acceptors (Lipinski definition) is 4. The SMILES string of the molecule is CC(C)NCc1cc(OC(C)C(=O)NC(N)=O)ccc1Br. The summed E-state index contributed by atoms with van der Waals surface area (Å²) in [6.45, 7) is 6.35. The predicted octanol–water partition coefficient (Wildman–Crippen LogP) is 1.91. The van der Waals surface area contributed by atoms with Gasteiger partial charge in [-0.15, -0.1) is 0 Å². The van der Waals surface area contributed by atoms with Gasteiger partial charge in [0.25, 0.3) is 5.91 Å². The molecule has 3 amide bonds. The molecule has 0 bridgehead atoms. The van der Waals surface area contributed by atoms with Crippen molar-refractivity contribution < 1.29 is 14.3 Å². The van der Waals surface area contributed by atoms with E-state index in [1.807, 2.05) is 17.4 Å². The van der Waals surface area contributed by atoms with Crippen LogP contribution in [0.2, 0.25) is 0 Å². The van der Waals surface area contributed by atoms with E-state index in [4.69, 9.17) is 10.5 Å². The van der Waals surface area contributed by atoms with Gasteiger partial charge in [0.1, 0.15) is 5.75 Å². The molecule has 0 fully saturated rings. The van der Waals surface area contributed by atoms with Gasteiger partial charge in [-0.2, -0.15) is 0 Å². The molecule has 1 aromatic carbocycles. The number of hydrogen-bond donors (Lipinski definition) is 3. The summed E-state index contributed by atoms with van der Waals surface area (Å²) in [4.78, 5) is 22.2. The van der Waals surface area contributed by atoms with Crippen LogP contribution in [-0.4, -0.2) is 24.1 Å². The van der Waals surface area contributed by atoms with Crippen molar-refractivity contribution in [3.8, 4) is 5.75 Å². The summed E-state index contributed by atoms with van der Waals surface area (Å²) in [6, 6.07) is 4.91. The number of amides is 3. The van der Waals surface area contributed by atoms with Crippen LogP contribution in [0.5, 0.6) is 5.75 Å². The maximum Gasteiger partial charge on any atom is 0.318 e. The number of carbonyl (C=O) groups excluding carboxylic acids is 2. The van der Waals surface area contributed by atoms with Gasteiger partial charge in [-0.1, -0.05) is 29.8 Å². The van der Waals surface area contributed by atoms with Crippen LogP contribution in [-0.2, 0) is 11.3 Å². The molecular weight excluding hydrogens is 338 g/mol. The van der Waals surface area contributed by atoms with Gasteiger partial charge in [-0.25, -0.2) is 4.79 Å². The Balaban J connectivity index is 2.73. The maximum atomic E-state index is 11.6. The number of urea groups is 1. The van der Waals surface area contributed by atoms with Crippen molar-refractivity contribution in [2.75, 3.05) is 0 Å². The highest BCUT2D eigenvalue weighted by Gasteiger charge is 2.16. The van der Waals surface area contributed by atoms with Crippen LogP contribution in [0.3, 0.4) is 0 Å². The Morgan fingerprint density at radius 2 is 2.00 bits per heavy atom. The Hall–Kier alpha value is -1.60. The van der Waals surface area contributed by atoms with Gasteiger partial charge in [0.15, 0.2) is 6.10 Å². The van der Waals surface area contributed by atoms with Crippen LogP contribution >= 0.6 is 15.9 Å². The lowest BCUT2D eigenvalue weighted by Gasteiger charge is -2.15. The lowest BCUT2D eigenvalue weighted by molar-refractivity contribution is -0.126. The number of halogens is 1. The number of nitrogens with one attached hydrogen (secondary N) is 2. The number of ether oxygens (including phenoxy) is 1. The molecule has 116 valence electrons. The Bertz CT molecular complexity index is 520. The third-order valence-corrected chi connectivity index (χ3v) is 3.42. The summed E-state index contributed by atoms with van der Waals surface area (Å²) in [5, 5.41) is 5.29. The minimum Gasteiger partial charge on any atom is -0.481 e. The predicted molar refractivity (Wildman–Crippen MR) is 83.9 cm³/mol. The molecule has 0 aliphatic heterocycles. The minimum absolute atomic E-state index is 0.363. The summed E-state index contributed by atoms with van der Waals surface area (Å²) in [7, 11) is 0. The molecule has 0 spiro atoms. The van der Waals surface area contributed by atoms with Crippen LogP contribution in [0.4, 0.5) is 4.79 Å². The van der Waals surface area contributed by atoms with Crippen molar-refractivity contribution in [3.05, 3.63) is 28.2 Å². The lowest BCUT2D eigenvalue weighted by atomic mass is 10.2. The van der Waals surface area contributed by atoms with Gasteiger partial charge < -0.3 is 15.8 Å². The number of primary amides is 1. The van der Waals surface area contributed by atoms with E-state index in [9.17, 15) is 9.59 Å². The molecule has 1 unspecified atom stereocenters. The van der Waals surface area contributed by atoms with E-state index in [2.05, 4.69) is 35.1 Å². The van der Waals surface area contributed by atoms with Gasteiger partial charge in [-0.05, 0) is 30.7 Å². The molecule has 0 saturated carbocycles. The molecule has 0 aliphatic carbocycles. The van der Waals surface area contributed by atoms with Crippen molar-refractivity contribution in [3.63, 3.8) is 0 Å². The van der Waals surface area contributed by atoms with E-state index >= 15 is 0 Å². The van der Waals surface area contributed by atoms with Crippen molar-refractivity contribution in [2.45, 2.75) is 39.5 Å². The molecule has 4 N–H and O–H groups in total. The third-order valence-electron chi connectivity index (χ3n) is 2.65. The molecule has 21 heavy (non-hydrogen) atoms. The highest BCUT2D eigenvalue weighted by molar-refractivity contribution is 9.10. The molecule has 0 aromatic heterocycles. The quantitative estimate of drug-likeness (QED) is 0.724. The third kappa shape index (κ3) is 6.14. The second-order valence-corrected chi connectivity index (χ2v) is 5.76.